The van der Waals surface area contributed by atoms with Crippen molar-refractivity contribution in [1.29, 1.82) is 0 Å². The van der Waals surface area contributed by atoms with Crippen molar-refractivity contribution in [2.45, 2.75) is 23.4 Å². The smallest absolute Gasteiger partial charge is 0.143 e. The van der Waals surface area contributed by atoms with Gasteiger partial charge in [0.05, 0.1) is 0 Å². The summed E-state index contributed by atoms with van der Waals surface area (Å²) in [4.78, 5) is 0. The molecule has 2 atom stereocenters. The van der Waals surface area contributed by atoms with Gasteiger partial charge in [-0.2, -0.15) is 0 Å². The van der Waals surface area contributed by atoms with Crippen LogP contribution in [0.1, 0.15) is 22.3 Å². The molecule has 0 amide bonds. The molecule has 0 saturated carbocycles. The van der Waals surface area contributed by atoms with Crippen LogP contribution in [0.2, 0.25) is 0 Å². The van der Waals surface area contributed by atoms with Crippen molar-refractivity contribution in [3.8, 4) is 0 Å². The summed E-state index contributed by atoms with van der Waals surface area (Å²) >= 11 is 0. The third-order valence-corrected chi connectivity index (χ3v) is 6.46. The number of methoxy groups -OCH3 is 2. The van der Waals surface area contributed by atoms with Crippen LogP contribution in [-0.4, -0.2) is 36.6 Å². The van der Waals surface area contributed by atoms with E-state index >= 15 is 0 Å². The van der Waals surface area contributed by atoms with E-state index in [2.05, 4.69) is 0 Å². The molecule has 0 aromatic heterocycles. The van der Waals surface area contributed by atoms with Crippen molar-refractivity contribution in [1.82, 2.24) is 0 Å². The highest BCUT2D eigenvalue weighted by atomic mass is 16.5. The first-order valence-corrected chi connectivity index (χ1v) is 11.3. The molecule has 0 unspecified atom stereocenters. The van der Waals surface area contributed by atoms with Crippen LogP contribution < -0.4 is 0 Å². The van der Waals surface area contributed by atoms with Crippen molar-refractivity contribution in [2.24, 2.45) is 0 Å². The van der Waals surface area contributed by atoms with Crippen LogP contribution in [0.25, 0.3) is 0 Å². The largest absolute Gasteiger partial charge is 0.378 e. The van der Waals surface area contributed by atoms with Gasteiger partial charge >= 0.3 is 0 Å². The van der Waals surface area contributed by atoms with E-state index in [1.807, 2.05) is 121 Å². The van der Waals surface area contributed by atoms with Gasteiger partial charge in [-0.15, -0.1) is 0 Å². The molecule has 0 aliphatic carbocycles. The van der Waals surface area contributed by atoms with Gasteiger partial charge in [0.1, 0.15) is 23.4 Å². The van der Waals surface area contributed by atoms with Gasteiger partial charge in [0, 0.05) is 14.2 Å². The van der Waals surface area contributed by atoms with Crippen LogP contribution in [0.4, 0.5) is 0 Å². The predicted molar refractivity (Wildman–Crippen MR) is 133 cm³/mol. The van der Waals surface area contributed by atoms with E-state index in [9.17, 15) is 10.2 Å². The average Bonchev–Trinajstić information content (AvgIpc) is 2.92. The Morgan fingerprint density at radius 2 is 0.647 bits per heavy atom. The van der Waals surface area contributed by atoms with E-state index in [1.165, 1.54) is 14.2 Å². The van der Waals surface area contributed by atoms with Gasteiger partial charge in [0.15, 0.2) is 0 Å². The van der Waals surface area contributed by atoms with Gasteiger partial charge in [-0.3, -0.25) is 0 Å². The molecule has 4 rings (SSSR count). The fourth-order valence-electron chi connectivity index (χ4n) is 4.79. The molecular weight excluding hydrogens is 424 g/mol. The zero-order valence-corrected chi connectivity index (χ0v) is 19.4. The molecule has 0 heterocycles. The van der Waals surface area contributed by atoms with Crippen LogP contribution >= 0.6 is 0 Å². The monoisotopic (exact) mass is 454 g/mol. The van der Waals surface area contributed by atoms with Gasteiger partial charge in [-0.1, -0.05) is 121 Å². The molecule has 4 aromatic rings. The van der Waals surface area contributed by atoms with Crippen LogP contribution in [0.3, 0.4) is 0 Å². The molecule has 4 heteroatoms. The summed E-state index contributed by atoms with van der Waals surface area (Å²) in [5, 5.41) is 24.9. The maximum Gasteiger partial charge on any atom is 0.143 e. The Bertz CT molecular complexity index is 974. The number of ether oxygens (including phenoxy) is 2. The number of rotatable bonds is 9. The molecule has 4 aromatic carbocycles. The van der Waals surface area contributed by atoms with Gasteiger partial charge in [0.25, 0.3) is 0 Å². The molecule has 0 aliphatic heterocycles. The maximum atomic E-state index is 12.5. The van der Waals surface area contributed by atoms with Gasteiger partial charge < -0.3 is 19.7 Å². The summed E-state index contributed by atoms with van der Waals surface area (Å²) in [7, 11) is 3.06. The van der Waals surface area contributed by atoms with Crippen molar-refractivity contribution in [3.63, 3.8) is 0 Å². The van der Waals surface area contributed by atoms with Gasteiger partial charge in [-0.25, -0.2) is 0 Å². The summed E-state index contributed by atoms with van der Waals surface area (Å²) in [5.41, 5.74) is -0.681. The molecule has 174 valence electrons. The highest BCUT2D eigenvalue weighted by Crippen LogP contribution is 2.44. The molecule has 0 spiro atoms. The highest BCUT2D eigenvalue weighted by molar-refractivity contribution is 5.42. The summed E-state index contributed by atoms with van der Waals surface area (Å²) < 4.78 is 12.1. The fourth-order valence-corrected chi connectivity index (χ4v) is 4.79. The van der Waals surface area contributed by atoms with Crippen LogP contribution in [0.15, 0.2) is 121 Å². The van der Waals surface area contributed by atoms with Crippen molar-refractivity contribution in [3.05, 3.63) is 144 Å². The predicted octanol–water partition coefficient (Wildman–Crippen LogP) is 4.89. The summed E-state index contributed by atoms with van der Waals surface area (Å²) in [6, 6.07) is 37.4. The molecule has 0 fully saturated rings. The minimum absolute atomic E-state index is 0.638. The van der Waals surface area contributed by atoms with E-state index in [0.29, 0.717) is 22.3 Å². The third-order valence-electron chi connectivity index (χ3n) is 6.46. The fraction of sp³-hybridized carbons (Fsp3) is 0.200. The van der Waals surface area contributed by atoms with Crippen LogP contribution in [0, 0.1) is 0 Å². The standard InChI is InChI=1S/C30H30O4/c1-33-27(29(31,23-15-7-3-8-16-23)24-17-9-4-10-18-24)28(34-2)30(32,25-19-11-5-12-20-25)26-21-13-6-14-22-26/h3-22,27-28,31-32H,1-2H3/t27-,28-/m1/s1. The zero-order valence-electron chi connectivity index (χ0n) is 19.4. The topological polar surface area (TPSA) is 58.9 Å². The maximum absolute atomic E-state index is 12.5. The Balaban J connectivity index is 1.96. The van der Waals surface area contributed by atoms with E-state index in [-0.39, 0.29) is 0 Å². The van der Waals surface area contributed by atoms with Gasteiger partial charge in [0.2, 0.25) is 0 Å². The molecule has 34 heavy (non-hydrogen) atoms. The lowest BCUT2D eigenvalue weighted by Crippen LogP contribution is -2.58. The SMILES string of the molecule is CO[C@H]([C@@H](OC)C(O)(c1ccccc1)c1ccccc1)C(O)(c1ccccc1)c1ccccc1. The molecule has 0 bridgehead atoms. The molecule has 2 N–H and O–H groups in total. The molecule has 4 nitrogen and oxygen atoms in total. The van der Waals surface area contributed by atoms with Crippen molar-refractivity contribution in [2.75, 3.05) is 14.2 Å². The first-order valence-electron chi connectivity index (χ1n) is 11.3. The Hall–Kier alpha value is -3.28. The van der Waals surface area contributed by atoms with Gasteiger partial charge in [-0.05, 0) is 22.3 Å². The molecular formula is C30H30O4. The lowest BCUT2D eigenvalue weighted by molar-refractivity contribution is -0.189. The number of benzene rings is 4. The normalized spacial score (nSPS) is 13.9. The van der Waals surface area contributed by atoms with E-state index in [0.717, 1.165) is 0 Å². The Morgan fingerprint density at radius 1 is 0.441 bits per heavy atom. The average molecular weight is 455 g/mol. The van der Waals surface area contributed by atoms with Crippen molar-refractivity contribution < 1.29 is 19.7 Å². The summed E-state index contributed by atoms with van der Waals surface area (Å²) in [6.45, 7) is 0. The third kappa shape index (κ3) is 4.17. The Kier molecular flexibility index (Phi) is 7.25. The van der Waals surface area contributed by atoms with Crippen LogP contribution in [-0.2, 0) is 20.7 Å². The van der Waals surface area contributed by atoms with E-state index in [4.69, 9.17) is 9.47 Å². The number of aliphatic hydroxyl groups is 2. The number of hydrogen-bond donors (Lipinski definition) is 2. The molecule has 0 saturated heterocycles. The summed E-state index contributed by atoms with van der Waals surface area (Å²) in [6.07, 6.45) is -1.96. The second-order valence-corrected chi connectivity index (χ2v) is 8.31. The molecule has 0 aliphatic rings. The zero-order chi connectivity index (χ0) is 24.0. The summed E-state index contributed by atoms with van der Waals surface area (Å²) in [5.74, 6) is 0. The number of hydrogen-bond acceptors (Lipinski definition) is 4. The van der Waals surface area contributed by atoms with Crippen LogP contribution in [0.5, 0.6) is 0 Å². The van der Waals surface area contributed by atoms with E-state index in [1.54, 1.807) is 0 Å². The first kappa shape index (κ1) is 23.9. The van der Waals surface area contributed by atoms with Crippen molar-refractivity contribution >= 4 is 0 Å². The molecule has 0 radical (unpaired) electrons. The lowest BCUT2D eigenvalue weighted by atomic mass is 9.71. The highest BCUT2D eigenvalue weighted by Gasteiger charge is 2.54. The lowest BCUT2D eigenvalue weighted by Gasteiger charge is -2.46. The minimum Gasteiger partial charge on any atom is -0.378 e. The minimum atomic E-state index is -1.62. The quantitative estimate of drug-likeness (QED) is 0.378. The first-order chi connectivity index (χ1) is 16.6. The Labute approximate surface area is 201 Å². The van der Waals surface area contributed by atoms with E-state index < -0.39 is 23.4 Å². The second-order valence-electron chi connectivity index (χ2n) is 8.31. The Morgan fingerprint density at radius 3 is 0.824 bits per heavy atom. The second kappa shape index (κ2) is 10.3.